The van der Waals surface area contributed by atoms with E-state index in [9.17, 15) is 15.0 Å². The number of nitrogens with one attached hydrogen (secondary N) is 1. The fourth-order valence-corrected chi connectivity index (χ4v) is 4.70. The average molecular weight is 522 g/mol. The summed E-state index contributed by atoms with van der Waals surface area (Å²) in [6.07, 6.45) is 35.4. The van der Waals surface area contributed by atoms with Gasteiger partial charge in [0.2, 0.25) is 5.91 Å². The Morgan fingerprint density at radius 3 is 1.54 bits per heavy atom. The van der Waals surface area contributed by atoms with Gasteiger partial charge in [0.05, 0.1) is 18.8 Å². The van der Waals surface area contributed by atoms with Gasteiger partial charge in [-0.05, 0) is 19.3 Å². The molecule has 218 valence electrons. The van der Waals surface area contributed by atoms with Crippen molar-refractivity contribution in [3.05, 3.63) is 24.3 Å². The number of amides is 1. The minimum Gasteiger partial charge on any atom is -0.394 e. The van der Waals surface area contributed by atoms with E-state index in [4.69, 9.17) is 0 Å². The summed E-state index contributed by atoms with van der Waals surface area (Å²) in [5, 5.41) is 22.7. The summed E-state index contributed by atoms with van der Waals surface area (Å²) in [7, 11) is 0. The van der Waals surface area contributed by atoms with Crippen LogP contribution in [0.3, 0.4) is 0 Å². The van der Waals surface area contributed by atoms with Crippen molar-refractivity contribution in [2.75, 3.05) is 6.61 Å². The fraction of sp³-hybridized carbons (Fsp3) is 0.848. The Morgan fingerprint density at radius 1 is 0.649 bits per heavy atom. The van der Waals surface area contributed by atoms with Crippen LogP contribution in [0, 0.1) is 0 Å². The van der Waals surface area contributed by atoms with Gasteiger partial charge in [0.15, 0.2) is 0 Å². The predicted molar refractivity (Wildman–Crippen MR) is 161 cm³/mol. The summed E-state index contributed by atoms with van der Waals surface area (Å²) in [4.78, 5) is 12.2. The molecule has 0 aliphatic carbocycles. The summed E-state index contributed by atoms with van der Waals surface area (Å²) in [5.74, 6) is -0.0835. The molecule has 0 saturated carbocycles. The van der Waals surface area contributed by atoms with Crippen molar-refractivity contribution in [1.29, 1.82) is 0 Å². The first kappa shape index (κ1) is 35.9. The first-order valence-electron chi connectivity index (χ1n) is 16.1. The van der Waals surface area contributed by atoms with Crippen LogP contribution in [-0.2, 0) is 4.79 Å². The average Bonchev–Trinajstić information content (AvgIpc) is 2.90. The molecule has 4 nitrogen and oxygen atoms in total. The van der Waals surface area contributed by atoms with E-state index in [-0.39, 0.29) is 12.5 Å². The first-order valence-corrected chi connectivity index (χ1v) is 16.1. The highest BCUT2D eigenvalue weighted by Gasteiger charge is 2.17. The van der Waals surface area contributed by atoms with Gasteiger partial charge >= 0.3 is 0 Å². The van der Waals surface area contributed by atoms with Crippen molar-refractivity contribution in [3.63, 3.8) is 0 Å². The maximum Gasteiger partial charge on any atom is 0.220 e. The zero-order valence-corrected chi connectivity index (χ0v) is 24.7. The largest absolute Gasteiger partial charge is 0.394 e. The molecule has 0 aromatic carbocycles. The Bertz CT molecular complexity index is 532. The quantitative estimate of drug-likeness (QED) is 0.0711. The number of aliphatic hydroxyl groups excluding tert-OH is 2. The Balaban J connectivity index is 3.67. The molecule has 0 aromatic rings. The second-order valence-electron chi connectivity index (χ2n) is 10.9. The van der Waals surface area contributed by atoms with Gasteiger partial charge < -0.3 is 15.5 Å². The SMILES string of the molecule is CCCCCCCC/C=C/C=C/[C@@H](O)[C@H](CO)NC(=O)CCCCCCCCCCCCCCCCC. The Hall–Kier alpha value is -1.13. The molecular formula is C33H63NO3. The molecule has 3 N–H and O–H groups in total. The van der Waals surface area contributed by atoms with Crippen LogP contribution in [0.2, 0.25) is 0 Å². The number of allylic oxidation sites excluding steroid dienone is 3. The molecule has 2 atom stereocenters. The highest BCUT2D eigenvalue weighted by Crippen LogP contribution is 2.14. The minimum absolute atomic E-state index is 0.0835. The molecule has 0 fully saturated rings. The molecule has 37 heavy (non-hydrogen) atoms. The van der Waals surface area contributed by atoms with Gasteiger partial charge in [-0.1, -0.05) is 160 Å². The van der Waals surface area contributed by atoms with E-state index in [1.807, 2.05) is 12.2 Å². The normalized spacial score (nSPS) is 13.5. The zero-order chi connectivity index (χ0) is 27.2. The summed E-state index contributed by atoms with van der Waals surface area (Å²) in [6, 6.07) is -0.646. The molecule has 0 heterocycles. The van der Waals surface area contributed by atoms with Gasteiger partial charge in [-0.15, -0.1) is 0 Å². The lowest BCUT2D eigenvalue weighted by Crippen LogP contribution is -2.45. The molecule has 0 saturated heterocycles. The smallest absolute Gasteiger partial charge is 0.220 e. The number of carbonyl (C=O) groups excluding carboxylic acids is 1. The molecule has 0 aromatic heterocycles. The van der Waals surface area contributed by atoms with Crippen LogP contribution in [0.5, 0.6) is 0 Å². The fourth-order valence-electron chi connectivity index (χ4n) is 4.70. The summed E-state index contributed by atoms with van der Waals surface area (Å²) >= 11 is 0. The third-order valence-corrected chi connectivity index (χ3v) is 7.24. The molecule has 0 rings (SSSR count). The Morgan fingerprint density at radius 2 is 1.08 bits per heavy atom. The maximum atomic E-state index is 12.2. The van der Waals surface area contributed by atoms with Crippen LogP contribution in [0.4, 0.5) is 0 Å². The zero-order valence-electron chi connectivity index (χ0n) is 24.7. The van der Waals surface area contributed by atoms with Crippen molar-refractivity contribution >= 4 is 5.91 Å². The lowest BCUT2D eigenvalue weighted by atomic mass is 10.0. The van der Waals surface area contributed by atoms with Gasteiger partial charge in [-0.2, -0.15) is 0 Å². The Labute approximate surface area is 230 Å². The van der Waals surface area contributed by atoms with E-state index in [1.54, 1.807) is 6.08 Å². The molecule has 0 spiro atoms. The Kier molecular flexibility index (Phi) is 28.5. The van der Waals surface area contributed by atoms with Crippen molar-refractivity contribution in [2.45, 2.75) is 174 Å². The second kappa shape index (κ2) is 29.4. The lowest BCUT2D eigenvalue weighted by molar-refractivity contribution is -0.123. The number of rotatable bonds is 28. The molecule has 0 unspecified atom stereocenters. The van der Waals surface area contributed by atoms with Crippen molar-refractivity contribution < 1.29 is 15.0 Å². The van der Waals surface area contributed by atoms with E-state index in [0.717, 1.165) is 19.3 Å². The number of carbonyl (C=O) groups is 1. The highest BCUT2D eigenvalue weighted by molar-refractivity contribution is 5.76. The molecule has 0 bridgehead atoms. The number of hydrogen-bond acceptors (Lipinski definition) is 3. The summed E-state index contributed by atoms with van der Waals surface area (Å²) < 4.78 is 0. The minimum atomic E-state index is -0.881. The van der Waals surface area contributed by atoms with Gasteiger partial charge in [0.25, 0.3) is 0 Å². The molecule has 1 amide bonds. The standard InChI is InChI=1S/C33H63NO3/c1-3-5-7-9-11-13-15-16-17-18-19-21-23-25-27-29-33(37)34-31(30-35)32(36)28-26-24-22-20-14-12-10-8-6-4-2/h22,24,26,28,31-32,35-36H,3-21,23,25,27,29-30H2,1-2H3,(H,34,37)/b24-22+,28-26+/t31-,32+/m0/s1. The van der Waals surface area contributed by atoms with Crippen LogP contribution in [0.15, 0.2) is 24.3 Å². The van der Waals surface area contributed by atoms with Gasteiger partial charge in [-0.25, -0.2) is 0 Å². The second-order valence-corrected chi connectivity index (χ2v) is 10.9. The van der Waals surface area contributed by atoms with Gasteiger partial charge in [0.1, 0.15) is 0 Å². The van der Waals surface area contributed by atoms with E-state index in [2.05, 4.69) is 25.2 Å². The molecule has 0 radical (unpaired) electrons. The lowest BCUT2D eigenvalue weighted by Gasteiger charge is -2.19. The third-order valence-electron chi connectivity index (χ3n) is 7.24. The topological polar surface area (TPSA) is 69.6 Å². The molecular weight excluding hydrogens is 458 g/mol. The van der Waals surface area contributed by atoms with E-state index >= 15 is 0 Å². The number of aliphatic hydroxyl groups is 2. The monoisotopic (exact) mass is 521 g/mol. The van der Waals surface area contributed by atoms with Crippen LogP contribution in [0.1, 0.15) is 162 Å². The van der Waals surface area contributed by atoms with Crippen molar-refractivity contribution in [2.24, 2.45) is 0 Å². The molecule has 4 heteroatoms. The summed E-state index contributed by atoms with van der Waals surface area (Å²) in [6.45, 7) is 4.24. The first-order chi connectivity index (χ1) is 18.2. The maximum absolute atomic E-state index is 12.2. The van der Waals surface area contributed by atoms with Crippen LogP contribution >= 0.6 is 0 Å². The van der Waals surface area contributed by atoms with E-state index < -0.39 is 12.1 Å². The van der Waals surface area contributed by atoms with Crippen LogP contribution < -0.4 is 5.32 Å². The van der Waals surface area contributed by atoms with Crippen molar-refractivity contribution in [1.82, 2.24) is 5.32 Å². The third kappa shape index (κ3) is 26.3. The van der Waals surface area contributed by atoms with Crippen molar-refractivity contribution in [3.8, 4) is 0 Å². The van der Waals surface area contributed by atoms with Crippen LogP contribution in [-0.4, -0.2) is 34.9 Å². The van der Waals surface area contributed by atoms with Gasteiger partial charge in [0, 0.05) is 6.42 Å². The molecule has 0 aliphatic rings. The van der Waals surface area contributed by atoms with Gasteiger partial charge in [-0.3, -0.25) is 4.79 Å². The van der Waals surface area contributed by atoms with E-state index in [1.165, 1.54) is 122 Å². The summed E-state index contributed by atoms with van der Waals surface area (Å²) in [5.41, 5.74) is 0. The number of hydrogen-bond donors (Lipinski definition) is 3. The predicted octanol–water partition coefficient (Wildman–Crippen LogP) is 8.95. The van der Waals surface area contributed by atoms with Crippen LogP contribution in [0.25, 0.3) is 0 Å². The molecule has 0 aliphatic heterocycles. The highest BCUT2D eigenvalue weighted by atomic mass is 16.3. The van der Waals surface area contributed by atoms with E-state index in [0.29, 0.717) is 6.42 Å². The number of unbranched alkanes of at least 4 members (excludes halogenated alkanes) is 20.